The first-order valence-electron chi connectivity index (χ1n) is 7.03. The molecule has 1 heterocycles. The zero-order chi connectivity index (χ0) is 13.4. The van der Waals surface area contributed by atoms with E-state index in [1.165, 1.54) is 31.5 Å². The van der Waals surface area contributed by atoms with Crippen LogP contribution < -0.4 is 5.73 Å². The molecule has 1 aromatic carbocycles. The number of imidazole rings is 1. The quantitative estimate of drug-likeness (QED) is 0.888. The number of aliphatic hydroxyl groups is 1. The normalized spacial score (nSPS) is 18.3. The molecule has 1 saturated carbocycles. The van der Waals surface area contributed by atoms with E-state index in [9.17, 15) is 0 Å². The monoisotopic (exact) mass is 259 g/mol. The van der Waals surface area contributed by atoms with Gasteiger partial charge in [0, 0.05) is 13.0 Å². The van der Waals surface area contributed by atoms with Crippen LogP contribution in [0.3, 0.4) is 0 Å². The first-order chi connectivity index (χ1) is 9.20. The van der Waals surface area contributed by atoms with Crippen molar-refractivity contribution in [3.63, 3.8) is 0 Å². The van der Waals surface area contributed by atoms with Crippen LogP contribution in [0.25, 0.3) is 11.0 Å². The fourth-order valence-electron chi connectivity index (χ4n) is 3.11. The van der Waals surface area contributed by atoms with Gasteiger partial charge >= 0.3 is 0 Å². The highest BCUT2D eigenvalue weighted by Crippen LogP contribution is 2.34. The Bertz CT molecular complexity index is 584. The number of aryl methyl sites for hydroxylation is 1. The second-order valence-corrected chi connectivity index (χ2v) is 5.55. The maximum absolute atomic E-state index is 9.16. The first kappa shape index (κ1) is 12.6. The minimum Gasteiger partial charge on any atom is -0.394 e. The number of hydrogen-bond acceptors (Lipinski definition) is 3. The molecule has 0 spiro atoms. The summed E-state index contributed by atoms with van der Waals surface area (Å²) in [4.78, 5) is 4.78. The van der Waals surface area contributed by atoms with E-state index in [1.807, 2.05) is 12.1 Å². The number of aliphatic hydroxyl groups excluding tert-OH is 1. The zero-order valence-corrected chi connectivity index (χ0v) is 11.3. The van der Waals surface area contributed by atoms with Crippen molar-refractivity contribution >= 4 is 11.0 Å². The van der Waals surface area contributed by atoms with Gasteiger partial charge in [0.25, 0.3) is 0 Å². The fourth-order valence-corrected chi connectivity index (χ4v) is 3.11. The van der Waals surface area contributed by atoms with Crippen molar-refractivity contribution < 1.29 is 5.11 Å². The average molecular weight is 259 g/mol. The molecule has 2 aromatic rings. The van der Waals surface area contributed by atoms with Gasteiger partial charge < -0.3 is 15.4 Å². The number of aromatic nitrogens is 2. The number of fused-ring (bicyclic) bond motifs is 1. The highest BCUT2D eigenvalue weighted by Gasteiger charge is 2.22. The Hall–Kier alpha value is -1.39. The van der Waals surface area contributed by atoms with Gasteiger partial charge in [-0.3, -0.25) is 0 Å². The molecule has 0 amide bonds. The van der Waals surface area contributed by atoms with Crippen molar-refractivity contribution in [1.82, 2.24) is 9.55 Å². The van der Waals surface area contributed by atoms with Crippen molar-refractivity contribution in [2.45, 2.75) is 37.6 Å². The minimum atomic E-state index is -0.311. The molecular formula is C15H21N3O. The van der Waals surface area contributed by atoms with E-state index >= 15 is 0 Å². The fraction of sp³-hybridized carbons (Fsp3) is 0.533. The van der Waals surface area contributed by atoms with Gasteiger partial charge in [-0.2, -0.15) is 0 Å². The largest absolute Gasteiger partial charge is 0.394 e. The molecule has 0 saturated heterocycles. The van der Waals surface area contributed by atoms with E-state index in [1.54, 1.807) is 0 Å². The lowest BCUT2D eigenvalue weighted by Gasteiger charge is -2.10. The lowest BCUT2D eigenvalue weighted by atomic mass is 10.1. The van der Waals surface area contributed by atoms with Crippen molar-refractivity contribution in [3.05, 3.63) is 29.6 Å². The van der Waals surface area contributed by atoms with E-state index in [2.05, 4.69) is 17.7 Å². The molecule has 1 atom stereocenters. The van der Waals surface area contributed by atoms with Crippen molar-refractivity contribution in [1.29, 1.82) is 0 Å². The van der Waals surface area contributed by atoms with Gasteiger partial charge in [-0.25, -0.2) is 4.98 Å². The summed E-state index contributed by atoms with van der Waals surface area (Å²) in [6.07, 6.45) is 5.13. The van der Waals surface area contributed by atoms with Crippen LogP contribution >= 0.6 is 0 Å². The van der Waals surface area contributed by atoms with Gasteiger partial charge in [0.1, 0.15) is 5.82 Å². The third kappa shape index (κ3) is 2.15. The predicted molar refractivity (Wildman–Crippen MR) is 75.9 cm³/mol. The van der Waals surface area contributed by atoms with Crippen LogP contribution in [0.1, 0.15) is 49.0 Å². The van der Waals surface area contributed by atoms with Crippen molar-refractivity contribution in [3.8, 4) is 0 Å². The van der Waals surface area contributed by atoms with Crippen LogP contribution in [0.2, 0.25) is 0 Å². The van der Waals surface area contributed by atoms with Crippen molar-refractivity contribution in [2.24, 2.45) is 12.8 Å². The summed E-state index contributed by atoms with van der Waals surface area (Å²) in [5.74, 6) is 1.80. The molecule has 1 aliphatic rings. The topological polar surface area (TPSA) is 64.1 Å². The molecule has 1 unspecified atom stereocenters. The summed E-state index contributed by atoms with van der Waals surface area (Å²) in [6, 6.07) is 5.73. The van der Waals surface area contributed by atoms with Gasteiger partial charge in [0.05, 0.1) is 23.7 Å². The Labute approximate surface area is 113 Å². The Morgan fingerprint density at radius 1 is 1.42 bits per heavy atom. The third-order valence-corrected chi connectivity index (χ3v) is 4.28. The van der Waals surface area contributed by atoms with Gasteiger partial charge in [0.15, 0.2) is 0 Å². The summed E-state index contributed by atoms with van der Waals surface area (Å²) in [6.45, 7) is -0.0289. The summed E-state index contributed by atoms with van der Waals surface area (Å²) >= 11 is 0. The number of benzene rings is 1. The Kier molecular flexibility index (Phi) is 3.29. The summed E-state index contributed by atoms with van der Waals surface area (Å²) in [7, 11) is 2.08. The number of nitrogens with zero attached hydrogens (tertiary/aromatic N) is 2. The molecule has 102 valence electrons. The minimum absolute atomic E-state index is 0.0289. The third-order valence-electron chi connectivity index (χ3n) is 4.28. The highest BCUT2D eigenvalue weighted by atomic mass is 16.3. The molecule has 3 N–H and O–H groups in total. The molecule has 1 aromatic heterocycles. The van der Waals surface area contributed by atoms with Crippen LogP contribution in [0.4, 0.5) is 0 Å². The first-order valence-corrected chi connectivity index (χ1v) is 7.03. The van der Waals surface area contributed by atoms with E-state index in [-0.39, 0.29) is 12.6 Å². The summed E-state index contributed by atoms with van der Waals surface area (Å²) in [5.41, 5.74) is 8.99. The maximum Gasteiger partial charge on any atom is 0.112 e. The molecule has 0 radical (unpaired) electrons. The Balaban J connectivity index is 2.05. The van der Waals surface area contributed by atoms with Crippen LogP contribution in [-0.4, -0.2) is 21.3 Å². The molecule has 1 fully saturated rings. The molecule has 4 nitrogen and oxygen atoms in total. The Morgan fingerprint density at radius 3 is 2.84 bits per heavy atom. The number of nitrogens with two attached hydrogens (primary N) is 1. The molecular weight excluding hydrogens is 238 g/mol. The SMILES string of the molecule is Cn1c(C2CCCC2)nc2ccc(C(N)CO)cc21. The zero-order valence-electron chi connectivity index (χ0n) is 11.3. The van der Waals surface area contributed by atoms with E-state index in [0.717, 1.165) is 16.6 Å². The lowest BCUT2D eigenvalue weighted by Crippen LogP contribution is -2.14. The van der Waals surface area contributed by atoms with Gasteiger partial charge in [-0.05, 0) is 30.5 Å². The molecule has 4 heteroatoms. The number of rotatable bonds is 3. The summed E-state index contributed by atoms with van der Waals surface area (Å²) in [5, 5.41) is 9.16. The van der Waals surface area contributed by atoms with Crippen LogP contribution in [0, 0.1) is 0 Å². The molecule has 3 rings (SSSR count). The summed E-state index contributed by atoms with van der Waals surface area (Å²) < 4.78 is 2.19. The molecule has 0 bridgehead atoms. The Morgan fingerprint density at radius 2 is 2.16 bits per heavy atom. The van der Waals surface area contributed by atoms with E-state index in [4.69, 9.17) is 15.8 Å². The standard InChI is InChI=1S/C15H21N3O/c1-18-14-8-11(12(16)9-19)6-7-13(14)17-15(18)10-4-2-3-5-10/h6-8,10,12,19H,2-5,9,16H2,1H3. The smallest absolute Gasteiger partial charge is 0.112 e. The average Bonchev–Trinajstić information content (AvgIpc) is 3.06. The van der Waals surface area contributed by atoms with Gasteiger partial charge in [0.2, 0.25) is 0 Å². The number of hydrogen-bond donors (Lipinski definition) is 2. The van der Waals surface area contributed by atoms with E-state index < -0.39 is 0 Å². The van der Waals surface area contributed by atoms with Crippen molar-refractivity contribution in [2.75, 3.05) is 6.61 Å². The second kappa shape index (κ2) is 4.94. The highest BCUT2D eigenvalue weighted by molar-refractivity contribution is 5.77. The van der Waals surface area contributed by atoms with Crippen LogP contribution in [-0.2, 0) is 7.05 Å². The maximum atomic E-state index is 9.16. The molecule has 0 aliphatic heterocycles. The predicted octanol–water partition coefficient (Wildman–Crippen LogP) is 2.22. The van der Waals surface area contributed by atoms with Crippen LogP contribution in [0.5, 0.6) is 0 Å². The lowest BCUT2D eigenvalue weighted by molar-refractivity contribution is 0.268. The van der Waals surface area contributed by atoms with Gasteiger partial charge in [-0.1, -0.05) is 18.9 Å². The van der Waals surface area contributed by atoms with Crippen LogP contribution in [0.15, 0.2) is 18.2 Å². The molecule has 19 heavy (non-hydrogen) atoms. The second-order valence-electron chi connectivity index (χ2n) is 5.55. The van der Waals surface area contributed by atoms with Gasteiger partial charge in [-0.15, -0.1) is 0 Å². The molecule has 1 aliphatic carbocycles. The van der Waals surface area contributed by atoms with E-state index in [0.29, 0.717) is 5.92 Å².